The van der Waals surface area contributed by atoms with Gasteiger partial charge in [0.05, 0.1) is 7.11 Å². The van der Waals surface area contributed by atoms with E-state index in [0.717, 1.165) is 27.8 Å². The van der Waals surface area contributed by atoms with Gasteiger partial charge in [-0.25, -0.2) is 4.79 Å². The van der Waals surface area contributed by atoms with Gasteiger partial charge >= 0.3 is 12.1 Å². The Morgan fingerprint density at radius 1 is 0.853 bits per heavy atom. The van der Waals surface area contributed by atoms with Crippen molar-refractivity contribution in [3.05, 3.63) is 95.6 Å². The van der Waals surface area contributed by atoms with Crippen LogP contribution in [0.1, 0.15) is 22.6 Å². The smallest absolute Gasteiger partial charge is 0.407 e. The maximum atomic E-state index is 12.7. The van der Waals surface area contributed by atoms with Crippen LogP contribution in [0.3, 0.4) is 0 Å². The van der Waals surface area contributed by atoms with Gasteiger partial charge in [-0.2, -0.15) is 0 Å². The lowest BCUT2D eigenvalue weighted by Crippen LogP contribution is -2.49. The van der Waals surface area contributed by atoms with E-state index in [1.54, 1.807) is 0 Å². The van der Waals surface area contributed by atoms with Crippen LogP contribution in [0.25, 0.3) is 11.1 Å². The molecule has 1 atom stereocenters. The van der Waals surface area contributed by atoms with Crippen molar-refractivity contribution in [3.8, 4) is 11.1 Å². The number of ether oxygens (including phenoxy) is 2. The van der Waals surface area contributed by atoms with Crippen LogP contribution in [0.2, 0.25) is 0 Å². The second-order valence-corrected chi connectivity index (χ2v) is 8.01. The van der Waals surface area contributed by atoms with Crippen molar-refractivity contribution in [2.24, 2.45) is 0 Å². The molecule has 0 saturated carbocycles. The molecule has 2 amide bonds. The summed E-state index contributed by atoms with van der Waals surface area (Å²) in [5.74, 6) is -1.16. The SMILES string of the molecule is COC(=O)CNC(=O)[C@H](Cc1ccccc1)NC(=O)OCC1c2ccccc2-c2ccccc21. The van der Waals surface area contributed by atoms with Crippen LogP contribution >= 0.6 is 0 Å². The quantitative estimate of drug-likeness (QED) is 0.505. The van der Waals surface area contributed by atoms with Crippen LogP contribution in [0.15, 0.2) is 78.9 Å². The predicted molar refractivity (Wildman–Crippen MR) is 127 cm³/mol. The second-order valence-electron chi connectivity index (χ2n) is 8.01. The Hall–Kier alpha value is -4.13. The van der Waals surface area contributed by atoms with Gasteiger partial charge in [0.15, 0.2) is 0 Å². The first-order valence-corrected chi connectivity index (χ1v) is 11.1. The average Bonchev–Trinajstić information content (AvgIpc) is 3.19. The fraction of sp³-hybridized carbons (Fsp3) is 0.222. The zero-order valence-electron chi connectivity index (χ0n) is 18.8. The van der Waals surface area contributed by atoms with Crippen LogP contribution in [0.5, 0.6) is 0 Å². The Labute approximate surface area is 198 Å². The molecular formula is C27H26N2O5. The fourth-order valence-corrected chi connectivity index (χ4v) is 4.20. The van der Waals surface area contributed by atoms with E-state index in [-0.39, 0.29) is 25.5 Å². The predicted octanol–water partition coefficient (Wildman–Crippen LogP) is 3.43. The molecule has 1 aliphatic carbocycles. The molecule has 1 aliphatic rings. The number of carbonyl (C=O) groups excluding carboxylic acids is 3. The minimum atomic E-state index is -0.914. The number of nitrogens with one attached hydrogen (secondary N) is 2. The van der Waals surface area contributed by atoms with Crippen LogP contribution in [0.4, 0.5) is 4.79 Å². The molecule has 0 bridgehead atoms. The van der Waals surface area contributed by atoms with E-state index in [1.807, 2.05) is 66.7 Å². The first kappa shape index (κ1) is 23.0. The number of carbonyl (C=O) groups is 3. The zero-order valence-corrected chi connectivity index (χ0v) is 18.8. The maximum absolute atomic E-state index is 12.7. The molecule has 0 saturated heterocycles. The van der Waals surface area contributed by atoms with E-state index in [0.29, 0.717) is 0 Å². The summed E-state index contributed by atoms with van der Waals surface area (Å²) in [5, 5.41) is 5.15. The Balaban J connectivity index is 1.43. The molecule has 0 unspecified atom stereocenters. The lowest BCUT2D eigenvalue weighted by atomic mass is 9.98. The van der Waals surface area contributed by atoms with Gasteiger partial charge in [-0.15, -0.1) is 0 Å². The molecule has 3 aromatic carbocycles. The second kappa shape index (κ2) is 10.7. The van der Waals surface area contributed by atoms with Gasteiger partial charge in [-0.05, 0) is 27.8 Å². The van der Waals surface area contributed by atoms with Gasteiger partial charge in [0.25, 0.3) is 0 Å². The Morgan fingerprint density at radius 3 is 2.06 bits per heavy atom. The van der Waals surface area contributed by atoms with Gasteiger partial charge in [-0.1, -0.05) is 78.9 Å². The summed E-state index contributed by atoms with van der Waals surface area (Å²) in [4.78, 5) is 36.8. The van der Waals surface area contributed by atoms with Gasteiger partial charge in [0.2, 0.25) is 5.91 Å². The van der Waals surface area contributed by atoms with Gasteiger partial charge in [0.1, 0.15) is 19.2 Å². The average molecular weight is 459 g/mol. The van der Waals surface area contributed by atoms with Crippen molar-refractivity contribution in [2.45, 2.75) is 18.4 Å². The largest absolute Gasteiger partial charge is 0.468 e. The summed E-state index contributed by atoms with van der Waals surface area (Å²) in [6.07, 6.45) is -0.450. The van der Waals surface area contributed by atoms with Crippen LogP contribution in [-0.2, 0) is 25.5 Å². The van der Waals surface area contributed by atoms with E-state index in [1.165, 1.54) is 7.11 Å². The highest BCUT2D eigenvalue weighted by Gasteiger charge is 2.30. The number of fused-ring (bicyclic) bond motifs is 3. The number of esters is 1. The molecule has 7 heteroatoms. The molecule has 2 N–H and O–H groups in total. The van der Waals surface area contributed by atoms with Crippen molar-refractivity contribution < 1.29 is 23.9 Å². The molecule has 0 heterocycles. The maximum Gasteiger partial charge on any atom is 0.407 e. The Kier molecular flexibility index (Phi) is 7.22. The van der Waals surface area contributed by atoms with Gasteiger partial charge in [0, 0.05) is 12.3 Å². The Morgan fingerprint density at radius 2 is 1.44 bits per heavy atom. The van der Waals surface area contributed by atoms with Crippen molar-refractivity contribution >= 4 is 18.0 Å². The van der Waals surface area contributed by atoms with E-state index in [2.05, 4.69) is 27.5 Å². The van der Waals surface area contributed by atoms with Crippen molar-refractivity contribution in [3.63, 3.8) is 0 Å². The van der Waals surface area contributed by atoms with E-state index < -0.39 is 24.0 Å². The zero-order chi connectivity index (χ0) is 23.9. The summed E-state index contributed by atoms with van der Waals surface area (Å²) in [6, 6.07) is 24.5. The van der Waals surface area contributed by atoms with Crippen molar-refractivity contribution in [1.82, 2.24) is 10.6 Å². The number of amides is 2. The molecule has 34 heavy (non-hydrogen) atoms. The summed E-state index contributed by atoms with van der Waals surface area (Å²) in [5.41, 5.74) is 5.34. The van der Waals surface area contributed by atoms with E-state index in [9.17, 15) is 14.4 Å². The number of rotatable bonds is 8. The standard InChI is InChI=1S/C27H26N2O5/c1-33-25(30)16-28-26(31)24(15-18-9-3-2-4-10-18)29-27(32)34-17-23-21-13-7-5-11-19(21)20-12-6-8-14-22(20)23/h2-14,23-24H,15-17H2,1H3,(H,28,31)(H,29,32)/t24-/m0/s1. The summed E-state index contributed by atoms with van der Waals surface area (Å²) in [6.45, 7) is -0.144. The number of alkyl carbamates (subject to hydrolysis) is 1. The molecule has 0 radical (unpaired) electrons. The Bertz CT molecular complexity index is 1130. The number of methoxy groups -OCH3 is 1. The molecular weight excluding hydrogens is 432 g/mol. The monoisotopic (exact) mass is 458 g/mol. The van der Waals surface area contributed by atoms with Crippen LogP contribution in [-0.4, -0.2) is 44.3 Å². The lowest BCUT2D eigenvalue weighted by molar-refractivity contribution is -0.141. The van der Waals surface area contributed by atoms with Gasteiger partial charge in [-0.3, -0.25) is 9.59 Å². The highest BCUT2D eigenvalue weighted by molar-refractivity contribution is 5.88. The molecule has 0 fully saturated rings. The highest BCUT2D eigenvalue weighted by atomic mass is 16.5. The van der Waals surface area contributed by atoms with Crippen LogP contribution < -0.4 is 10.6 Å². The fourth-order valence-electron chi connectivity index (χ4n) is 4.20. The molecule has 174 valence electrons. The third-order valence-electron chi connectivity index (χ3n) is 5.87. The molecule has 4 rings (SSSR count). The number of hydrogen-bond donors (Lipinski definition) is 2. The minimum Gasteiger partial charge on any atom is -0.468 e. The first-order valence-electron chi connectivity index (χ1n) is 11.1. The van der Waals surface area contributed by atoms with E-state index >= 15 is 0 Å². The van der Waals surface area contributed by atoms with Gasteiger partial charge < -0.3 is 20.1 Å². The van der Waals surface area contributed by atoms with Crippen molar-refractivity contribution in [1.29, 1.82) is 0 Å². The minimum absolute atomic E-state index is 0.0844. The number of benzene rings is 3. The van der Waals surface area contributed by atoms with Crippen LogP contribution in [0, 0.1) is 0 Å². The number of hydrogen-bond acceptors (Lipinski definition) is 5. The third-order valence-corrected chi connectivity index (χ3v) is 5.87. The molecule has 7 nitrogen and oxygen atoms in total. The molecule has 0 spiro atoms. The normalized spacial score (nSPS) is 12.7. The first-order chi connectivity index (χ1) is 16.6. The molecule has 3 aromatic rings. The third kappa shape index (κ3) is 5.26. The van der Waals surface area contributed by atoms with E-state index in [4.69, 9.17) is 4.74 Å². The summed E-state index contributed by atoms with van der Waals surface area (Å²) < 4.78 is 10.2. The lowest BCUT2D eigenvalue weighted by Gasteiger charge is -2.20. The topological polar surface area (TPSA) is 93.7 Å². The molecule has 0 aliphatic heterocycles. The molecule has 0 aromatic heterocycles. The summed E-state index contributed by atoms with van der Waals surface area (Å²) >= 11 is 0. The van der Waals surface area contributed by atoms with Crippen molar-refractivity contribution in [2.75, 3.05) is 20.3 Å². The highest BCUT2D eigenvalue weighted by Crippen LogP contribution is 2.44. The summed E-state index contributed by atoms with van der Waals surface area (Å²) in [7, 11) is 1.24.